The van der Waals surface area contributed by atoms with Gasteiger partial charge >= 0.3 is 0 Å². The summed E-state index contributed by atoms with van der Waals surface area (Å²) in [6.45, 7) is 10.5. The summed E-state index contributed by atoms with van der Waals surface area (Å²) in [5.74, 6) is 1.15. The summed E-state index contributed by atoms with van der Waals surface area (Å²) < 4.78 is 0. The van der Waals surface area contributed by atoms with Crippen LogP contribution in [-0.4, -0.2) is 62.0 Å². The summed E-state index contributed by atoms with van der Waals surface area (Å²) in [6, 6.07) is 0. The Bertz CT molecular complexity index is 331. The highest BCUT2D eigenvalue weighted by molar-refractivity contribution is 5.83. The number of amides is 1. The largest absolute Gasteiger partial charge is 0.342 e. The molecule has 4 heteroatoms. The van der Waals surface area contributed by atoms with Crippen molar-refractivity contribution in [2.75, 3.05) is 46.3 Å². The van der Waals surface area contributed by atoms with Crippen molar-refractivity contribution in [1.29, 1.82) is 0 Å². The average Bonchev–Trinajstić information content (AvgIpc) is 2.93. The second kappa shape index (κ2) is 7.59. The Labute approximate surface area is 130 Å². The SMILES string of the molecule is CCCCN(C)CC1CCN(C(=O)C2(C)CCNC2)CC1. The monoisotopic (exact) mass is 295 g/mol. The lowest BCUT2D eigenvalue weighted by atomic mass is 9.86. The minimum Gasteiger partial charge on any atom is -0.342 e. The number of unbranched alkanes of at least 4 members (excludes halogenated alkanes) is 1. The van der Waals surface area contributed by atoms with Gasteiger partial charge in [-0.2, -0.15) is 0 Å². The van der Waals surface area contributed by atoms with Crippen LogP contribution in [0.5, 0.6) is 0 Å². The number of hydrogen-bond acceptors (Lipinski definition) is 3. The van der Waals surface area contributed by atoms with Crippen LogP contribution >= 0.6 is 0 Å². The van der Waals surface area contributed by atoms with Gasteiger partial charge in [0, 0.05) is 26.2 Å². The zero-order valence-electron chi connectivity index (χ0n) is 14.2. The molecular weight excluding hydrogens is 262 g/mol. The molecule has 0 aromatic heterocycles. The topological polar surface area (TPSA) is 35.6 Å². The van der Waals surface area contributed by atoms with Crippen LogP contribution < -0.4 is 5.32 Å². The first kappa shape index (κ1) is 16.8. The molecule has 1 amide bonds. The molecule has 2 rings (SSSR count). The van der Waals surface area contributed by atoms with E-state index in [0.717, 1.165) is 38.5 Å². The lowest BCUT2D eigenvalue weighted by Gasteiger charge is -2.37. The van der Waals surface area contributed by atoms with Crippen LogP contribution in [0.2, 0.25) is 0 Å². The third-order valence-electron chi connectivity index (χ3n) is 5.25. The van der Waals surface area contributed by atoms with Crippen molar-refractivity contribution in [3.63, 3.8) is 0 Å². The van der Waals surface area contributed by atoms with Gasteiger partial charge in [-0.1, -0.05) is 13.3 Å². The van der Waals surface area contributed by atoms with E-state index < -0.39 is 0 Å². The van der Waals surface area contributed by atoms with Crippen molar-refractivity contribution in [1.82, 2.24) is 15.1 Å². The third kappa shape index (κ3) is 4.43. The Balaban J connectivity index is 1.74. The molecule has 122 valence electrons. The summed E-state index contributed by atoms with van der Waals surface area (Å²) >= 11 is 0. The molecule has 1 atom stereocenters. The molecule has 1 unspecified atom stereocenters. The molecule has 2 fully saturated rings. The minimum atomic E-state index is -0.148. The molecule has 0 radical (unpaired) electrons. The van der Waals surface area contributed by atoms with E-state index in [1.807, 2.05) is 0 Å². The van der Waals surface area contributed by atoms with Crippen molar-refractivity contribution in [2.45, 2.75) is 46.0 Å². The van der Waals surface area contributed by atoms with E-state index in [2.05, 4.69) is 36.0 Å². The highest BCUT2D eigenvalue weighted by Gasteiger charge is 2.40. The second-order valence-corrected chi connectivity index (χ2v) is 7.34. The van der Waals surface area contributed by atoms with Gasteiger partial charge < -0.3 is 15.1 Å². The predicted molar refractivity (Wildman–Crippen MR) is 87.3 cm³/mol. The van der Waals surface area contributed by atoms with Crippen molar-refractivity contribution in [3.8, 4) is 0 Å². The third-order valence-corrected chi connectivity index (χ3v) is 5.25. The zero-order chi connectivity index (χ0) is 15.3. The highest BCUT2D eigenvalue weighted by atomic mass is 16.2. The Morgan fingerprint density at radius 1 is 1.38 bits per heavy atom. The maximum absolute atomic E-state index is 12.7. The number of carbonyl (C=O) groups excluding carboxylic acids is 1. The number of carbonyl (C=O) groups is 1. The van der Waals surface area contributed by atoms with Gasteiger partial charge in [0.15, 0.2) is 0 Å². The molecule has 2 aliphatic heterocycles. The number of hydrogen-bond donors (Lipinski definition) is 1. The lowest BCUT2D eigenvalue weighted by Crippen LogP contribution is -2.48. The van der Waals surface area contributed by atoms with Gasteiger partial charge in [0.05, 0.1) is 5.41 Å². The van der Waals surface area contributed by atoms with Crippen molar-refractivity contribution in [3.05, 3.63) is 0 Å². The molecule has 1 N–H and O–H groups in total. The molecule has 21 heavy (non-hydrogen) atoms. The van der Waals surface area contributed by atoms with Gasteiger partial charge in [-0.3, -0.25) is 4.79 Å². The number of nitrogens with one attached hydrogen (secondary N) is 1. The van der Waals surface area contributed by atoms with Crippen LogP contribution in [-0.2, 0) is 4.79 Å². The van der Waals surface area contributed by atoms with Gasteiger partial charge in [0.2, 0.25) is 5.91 Å². The molecule has 0 aromatic carbocycles. The van der Waals surface area contributed by atoms with Gasteiger partial charge in [0.25, 0.3) is 0 Å². The van der Waals surface area contributed by atoms with Crippen molar-refractivity contribution >= 4 is 5.91 Å². The number of nitrogens with zero attached hydrogens (tertiary/aromatic N) is 2. The standard InChI is InChI=1S/C17H33N3O/c1-4-5-10-19(3)13-15-6-11-20(12-7-15)16(21)17(2)8-9-18-14-17/h15,18H,4-14H2,1-3H3. The predicted octanol–water partition coefficient (Wildman–Crippen LogP) is 1.96. The Hall–Kier alpha value is -0.610. The second-order valence-electron chi connectivity index (χ2n) is 7.34. The first-order chi connectivity index (χ1) is 10.0. The average molecular weight is 295 g/mol. The highest BCUT2D eigenvalue weighted by Crippen LogP contribution is 2.29. The molecule has 0 aliphatic carbocycles. The van der Waals surface area contributed by atoms with Crippen LogP contribution in [0, 0.1) is 11.3 Å². The van der Waals surface area contributed by atoms with Gasteiger partial charge in [-0.05, 0) is 58.7 Å². The Morgan fingerprint density at radius 3 is 2.67 bits per heavy atom. The van der Waals surface area contributed by atoms with Gasteiger partial charge in [0.1, 0.15) is 0 Å². The molecule has 2 saturated heterocycles. The molecule has 2 aliphatic rings. The summed E-state index contributed by atoms with van der Waals surface area (Å²) in [7, 11) is 2.23. The fourth-order valence-electron chi connectivity index (χ4n) is 3.66. The van der Waals surface area contributed by atoms with E-state index in [4.69, 9.17) is 0 Å². The Morgan fingerprint density at radius 2 is 2.10 bits per heavy atom. The molecule has 0 aromatic rings. The summed E-state index contributed by atoms with van der Waals surface area (Å²) in [4.78, 5) is 17.3. The normalized spacial score (nSPS) is 27.5. The minimum absolute atomic E-state index is 0.148. The van der Waals surface area contributed by atoms with Crippen LogP contribution in [0.25, 0.3) is 0 Å². The smallest absolute Gasteiger partial charge is 0.229 e. The van der Waals surface area contributed by atoms with Crippen LogP contribution in [0.15, 0.2) is 0 Å². The van der Waals surface area contributed by atoms with Gasteiger partial charge in [-0.15, -0.1) is 0 Å². The quantitative estimate of drug-likeness (QED) is 0.813. The first-order valence-corrected chi connectivity index (χ1v) is 8.74. The summed E-state index contributed by atoms with van der Waals surface area (Å²) in [6.07, 6.45) is 5.89. The van der Waals surface area contributed by atoms with E-state index in [9.17, 15) is 4.79 Å². The lowest BCUT2D eigenvalue weighted by molar-refractivity contribution is -0.141. The van der Waals surface area contributed by atoms with E-state index in [0.29, 0.717) is 5.91 Å². The van der Waals surface area contributed by atoms with Gasteiger partial charge in [-0.25, -0.2) is 0 Å². The number of rotatable bonds is 6. The van der Waals surface area contributed by atoms with E-state index >= 15 is 0 Å². The Kier molecular flexibility index (Phi) is 6.06. The van der Waals surface area contributed by atoms with E-state index in [1.165, 1.54) is 38.8 Å². The van der Waals surface area contributed by atoms with Crippen LogP contribution in [0.4, 0.5) is 0 Å². The molecule has 0 saturated carbocycles. The molecule has 0 spiro atoms. The molecule has 2 heterocycles. The zero-order valence-corrected chi connectivity index (χ0v) is 14.2. The van der Waals surface area contributed by atoms with E-state index in [1.54, 1.807) is 0 Å². The molecular formula is C17H33N3O. The van der Waals surface area contributed by atoms with Crippen molar-refractivity contribution in [2.24, 2.45) is 11.3 Å². The summed E-state index contributed by atoms with van der Waals surface area (Å²) in [5.41, 5.74) is -0.148. The van der Waals surface area contributed by atoms with Crippen molar-refractivity contribution < 1.29 is 4.79 Å². The number of likely N-dealkylation sites (tertiary alicyclic amines) is 1. The molecule has 0 bridgehead atoms. The van der Waals surface area contributed by atoms with Crippen LogP contribution in [0.1, 0.15) is 46.0 Å². The summed E-state index contributed by atoms with van der Waals surface area (Å²) in [5, 5.41) is 3.33. The fraction of sp³-hybridized carbons (Fsp3) is 0.941. The first-order valence-electron chi connectivity index (χ1n) is 8.74. The fourth-order valence-corrected chi connectivity index (χ4v) is 3.66. The number of piperidine rings is 1. The maximum Gasteiger partial charge on any atom is 0.229 e. The van der Waals surface area contributed by atoms with E-state index in [-0.39, 0.29) is 5.41 Å². The molecule has 4 nitrogen and oxygen atoms in total. The maximum atomic E-state index is 12.7. The van der Waals surface area contributed by atoms with Crippen LogP contribution in [0.3, 0.4) is 0 Å².